The van der Waals surface area contributed by atoms with Crippen LogP contribution >= 0.6 is 0 Å². The van der Waals surface area contributed by atoms with Crippen LogP contribution in [0, 0.1) is 13.8 Å². The maximum Gasteiger partial charge on any atom is 0.417 e. The summed E-state index contributed by atoms with van der Waals surface area (Å²) in [5.74, 6) is 1.12. The molecule has 4 N–H and O–H groups in total. The topological polar surface area (TPSA) is 128 Å². The average Bonchev–Trinajstić information content (AvgIpc) is 3.31. The lowest BCUT2D eigenvalue weighted by atomic mass is 10.0. The molecule has 12 heteroatoms. The van der Waals surface area contributed by atoms with Crippen molar-refractivity contribution < 1.29 is 13.2 Å². The number of hydrogen-bond acceptors (Lipinski definition) is 6. The van der Waals surface area contributed by atoms with Crippen LogP contribution in [0.2, 0.25) is 0 Å². The zero-order valence-corrected chi connectivity index (χ0v) is 17.1. The summed E-state index contributed by atoms with van der Waals surface area (Å²) < 4.78 is 41.9. The number of anilines is 2. The molecule has 0 aliphatic carbocycles. The van der Waals surface area contributed by atoms with Gasteiger partial charge in [-0.2, -0.15) is 18.2 Å². The minimum absolute atomic E-state index is 0.0465. The number of alkyl halides is 3. The molecule has 0 saturated heterocycles. The summed E-state index contributed by atoms with van der Waals surface area (Å²) in [5.41, 5.74) is -1.11. The van der Waals surface area contributed by atoms with Gasteiger partial charge in [-0.05, 0) is 26.0 Å². The molecule has 0 fully saturated rings. The van der Waals surface area contributed by atoms with Crippen LogP contribution in [0.4, 0.5) is 24.9 Å². The average molecular weight is 432 g/mol. The zero-order chi connectivity index (χ0) is 22.5. The first-order valence-electron chi connectivity index (χ1n) is 9.41. The quantitative estimate of drug-likeness (QED) is 0.387. The summed E-state index contributed by atoms with van der Waals surface area (Å²) in [4.78, 5) is 24.9. The number of nitrogens with zero attached hydrogens (tertiary/aromatic N) is 4. The van der Waals surface area contributed by atoms with Gasteiger partial charge >= 0.3 is 6.18 Å². The SMILES string of the molecule is Cc1nc(-c2ccc3[nH][nH]c(=O)c3c2C(F)(F)F)nc(Nc2n[nH]c(C(C)C)n2)c1C. The summed E-state index contributed by atoms with van der Waals surface area (Å²) in [5, 5.41) is 14.0. The fourth-order valence-corrected chi connectivity index (χ4v) is 3.18. The predicted molar refractivity (Wildman–Crippen MR) is 108 cm³/mol. The molecule has 31 heavy (non-hydrogen) atoms. The molecule has 3 aromatic heterocycles. The van der Waals surface area contributed by atoms with Gasteiger partial charge in [0.15, 0.2) is 5.82 Å². The second-order valence-electron chi connectivity index (χ2n) is 7.42. The van der Waals surface area contributed by atoms with Crippen molar-refractivity contribution in [2.45, 2.75) is 39.8 Å². The molecule has 0 radical (unpaired) electrons. The Bertz CT molecular complexity index is 1330. The molecular weight excluding hydrogens is 413 g/mol. The lowest BCUT2D eigenvalue weighted by Gasteiger charge is -2.15. The summed E-state index contributed by atoms with van der Waals surface area (Å²) in [6, 6.07) is 2.63. The number of aryl methyl sites for hydroxylation is 1. The molecule has 0 atom stereocenters. The summed E-state index contributed by atoms with van der Waals surface area (Å²) >= 11 is 0. The molecule has 0 aliphatic heterocycles. The Hall–Kier alpha value is -3.70. The molecule has 1 aromatic carbocycles. The van der Waals surface area contributed by atoms with Crippen LogP contribution in [0.3, 0.4) is 0 Å². The van der Waals surface area contributed by atoms with E-state index in [2.05, 4.69) is 40.7 Å². The van der Waals surface area contributed by atoms with Crippen LogP contribution in [0.25, 0.3) is 22.3 Å². The third-order valence-electron chi connectivity index (χ3n) is 4.94. The molecule has 4 aromatic rings. The van der Waals surface area contributed by atoms with E-state index in [1.54, 1.807) is 13.8 Å². The molecular formula is C19H19F3N8O. The van der Waals surface area contributed by atoms with E-state index in [-0.39, 0.29) is 34.6 Å². The normalized spacial score (nSPS) is 12.1. The second-order valence-corrected chi connectivity index (χ2v) is 7.42. The van der Waals surface area contributed by atoms with E-state index in [4.69, 9.17) is 0 Å². The van der Waals surface area contributed by atoms with Crippen LogP contribution < -0.4 is 10.9 Å². The van der Waals surface area contributed by atoms with Gasteiger partial charge in [0.25, 0.3) is 5.56 Å². The minimum Gasteiger partial charge on any atom is -0.307 e. The predicted octanol–water partition coefficient (Wildman–Crippen LogP) is 3.93. The highest BCUT2D eigenvalue weighted by molar-refractivity contribution is 5.88. The van der Waals surface area contributed by atoms with Gasteiger partial charge in [-0.25, -0.2) is 9.97 Å². The molecule has 0 unspecified atom stereocenters. The Morgan fingerprint density at radius 1 is 1.06 bits per heavy atom. The van der Waals surface area contributed by atoms with E-state index >= 15 is 0 Å². The molecule has 9 nitrogen and oxygen atoms in total. The van der Waals surface area contributed by atoms with Crippen molar-refractivity contribution in [1.82, 2.24) is 35.3 Å². The molecule has 4 rings (SSSR count). The van der Waals surface area contributed by atoms with Gasteiger partial charge < -0.3 is 5.32 Å². The standard InChI is InChI=1S/C19H19F3N8O/c1-7(2)14-25-18(30-28-14)26-15-8(3)9(4)23-16(24-15)10-5-6-11-12(17(31)29-27-11)13(10)19(20,21)22/h5-7H,1-4H3,(H2,27,29,31)(H2,23,24,25,26,28,30). The van der Waals surface area contributed by atoms with Gasteiger partial charge in [-0.3, -0.25) is 20.1 Å². The van der Waals surface area contributed by atoms with Gasteiger partial charge in [0.2, 0.25) is 5.95 Å². The minimum atomic E-state index is -4.80. The van der Waals surface area contributed by atoms with Crippen molar-refractivity contribution in [2.75, 3.05) is 5.32 Å². The molecule has 0 amide bonds. The van der Waals surface area contributed by atoms with E-state index in [0.717, 1.165) is 0 Å². The van der Waals surface area contributed by atoms with E-state index in [1.165, 1.54) is 12.1 Å². The lowest BCUT2D eigenvalue weighted by Crippen LogP contribution is -2.14. The summed E-state index contributed by atoms with van der Waals surface area (Å²) in [6.45, 7) is 7.29. The fraction of sp³-hybridized carbons (Fsp3) is 0.316. The number of fused-ring (bicyclic) bond motifs is 1. The van der Waals surface area contributed by atoms with Gasteiger partial charge in [-0.1, -0.05) is 13.8 Å². The molecule has 0 saturated carbocycles. The molecule has 162 valence electrons. The van der Waals surface area contributed by atoms with Crippen molar-refractivity contribution in [3.05, 3.63) is 45.1 Å². The number of H-pyrrole nitrogens is 3. The van der Waals surface area contributed by atoms with E-state index < -0.39 is 22.7 Å². The summed E-state index contributed by atoms with van der Waals surface area (Å²) in [7, 11) is 0. The smallest absolute Gasteiger partial charge is 0.307 e. The third kappa shape index (κ3) is 3.64. The van der Waals surface area contributed by atoms with Gasteiger partial charge in [0.05, 0.1) is 16.5 Å². The van der Waals surface area contributed by atoms with Crippen molar-refractivity contribution in [1.29, 1.82) is 0 Å². The maximum atomic E-state index is 14.0. The van der Waals surface area contributed by atoms with Gasteiger partial charge in [0.1, 0.15) is 11.6 Å². The van der Waals surface area contributed by atoms with Gasteiger partial charge in [-0.15, -0.1) is 5.10 Å². The highest BCUT2D eigenvalue weighted by Gasteiger charge is 2.38. The Morgan fingerprint density at radius 3 is 2.45 bits per heavy atom. The first-order chi connectivity index (χ1) is 14.6. The van der Waals surface area contributed by atoms with Crippen LogP contribution in [0.5, 0.6) is 0 Å². The second kappa shape index (κ2) is 7.22. The van der Waals surface area contributed by atoms with Crippen molar-refractivity contribution in [3.63, 3.8) is 0 Å². The monoisotopic (exact) mass is 432 g/mol. The number of rotatable bonds is 4. The molecule has 0 spiro atoms. The van der Waals surface area contributed by atoms with Crippen LogP contribution in [0.15, 0.2) is 16.9 Å². The Morgan fingerprint density at radius 2 is 1.81 bits per heavy atom. The van der Waals surface area contributed by atoms with Crippen molar-refractivity contribution in [3.8, 4) is 11.4 Å². The Labute approximate surface area is 173 Å². The van der Waals surface area contributed by atoms with Crippen LogP contribution in [-0.2, 0) is 6.18 Å². The van der Waals surface area contributed by atoms with E-state index in [9.17, 15) is 18.0 Å². The molecule has 3 heterocycles. The number of aromatic nitrogens is 7. The van der Waals surface area contributed by atoms with E-state index in [1.807, 2.05) is 13.8 Å². The highest BCUT2D eigenvalue weighted by atomic mass is 19.4. The maximum absolute atomic E-state index is 14.0. The number of aromatic amines is 3. The number of halogens is 3. The number of hydrogen-bond donors (Lipinski definition) is 4. The Balaban J connectivity index is 1.88. The van der Waals surface area contributed by atoms with Crippen LogP contribution in [0.1, 0.15) is 42.4 Å². The van der Waals surface area contributed by atoms with Gasteiger partial charge in [0, 0.05) is 22.7 Å². The number of benzene rings is 1. The Kier molecular flexibility index (Phi) is 4.79. The summed E-state index contributed by atoms with van der Waals surface area (Å²) in [6.07, 6.45) is -4.80. The first-order valence-corrected chi connectivity index (χ1v) is 9.41. The largest absolute Gasteiger partial charge is 0.417 e. The zero-order valence-electron chi connectivity index (χ0n) is 17.1. The third-order valence-corrected chi connectivity index (χ3v) is 4.94. The fourth-order valence-electron chi connectivity index (χ4n) is 3.18. The van der Waals surface area contributed by atoms with E-state index in [0.29, 0.717) is 17.1 Å². The van der Waals surface area contributed by atoms with Crippen LogP contribution in [-0.4, -0.2) is 35.3 Å². The lowest BCUT2D eigenvalue weighted by molar-refractivity contribution is -0.135. The van der Waals surface area contributed by atoms with Crippen molar-refractivity contribution >= 4 is 22.7 Å². The molecule has 0 bridgehead atoms. The highest BCUT2D eigenvalue weighted by Crippen LogP contribution is 2.40. The molecule has 0 aliphatic rings. The van der Waals surface area contributed by atoms with Crippen molar-refractivity contribution in [2.24, 2.45) is 0 Å². The number of nitrogens with one attached hydrogen (secondary N) is 4. The first kappa shape index (κ1) is 20.6.